The predicted molar refractivity (Wildman–Crippen MR) is 100 cm³/mol. The van der Waals surface area contributed by atoms with Gasteiger partial charge in [-0.25, -0.2) is 14.0 Å². The maximum atomic E-state index is 13.5. The number of piperidine rings is 1. The second-order valence-corrected chi connectivity index (χ2v) is 7.14. The lowest BCUT2D eigenvalue weighted by Gasteiger charge is -2.36. The van der Waals surface area contributed by atoms with E-state index in [0.717, 1.165) is 5.56 Å². The first-order chi connectivity index (χ1) is 13.5. The van der Waals surface area contributed by atoms with E-state index in [9.17, 15) is 14.0 Å². The van der Waals surface area contributed by atoms with Crippen molar-refractivity contribution < 1.29 is 23.5 Å². The van der Waals surface area contributed by atoms with Crippen molar-refractivity contribution >= 4 is 17.9 Å². The molecule has 7 heteroatoms. The van der Waals surface area contributed by atoms with Crippen LogP contribution in [0.3, 0.4) is 0 Å². The van der Waals surface area contributed by atoms with Crippen molar-refractivity contribution in [1.29, 1.82) is 0 Å². The Labute approximate surface area is 162 Å². The first kappa shape index (κ1) is 18.3. The monoisotopic (exact) mass is 384 g/mol. The number of rotatable bonds is 3. The van der Waals surface area contributed by atoms with E-state index in [0.29, 0.717) is 38.2 Å². The average Bonchev–Trinajstić information content (AvgIpc) is 3.03. The molecule has 0 N–H and O–H groups in total. The number of hydrogen-bond donors (Lipinski definition) is 0. The third-order valence-electron chi connectivity index (χ3n) is 5.23. The number of carbonyl (C=O) groups is 2. The SMILES string of the molecule is O=C(OCc1ccccc1)N1CCC2(CC1)CN(c1cccc(F)c1)C(=O)O2. The van der Waals surface area contributed by atoms with Crippen LogP contribution in [-0.2, 0) is 16.1 Å². The van der Waals surface area contributed by atoms with E-state index in [-0.39, 0.29) is 12.7 Å². The summed E-state index contributed by atoms with van der Waals surface area (Å²) in [5, 5.41) is 0. The molecule has 146 valence electrons. The molecule has 0 aromatic heterocycles. The Morgan fingerprint density at radius 2 is 1.86 bits per heavy atom. The minimum absolute atomic E-state index is 0.226. The summed E-state index contributed by atoms with van der Waals surface area (Å²) in [5.41, 5.74) is 0.756. The molecule has 0 unspecified atom stereocenters. The van der Waals surface area contributed by atoms with E-state index in [1.807, 2.05) is 30.3 Å². The number of hydrogen-bond acceptors (Lipinski definition) is 4. The highest BCUT2D eigenvalue weighted by Crippen LogP contribution is 2.36. The Kier molecular flexibility index (Phi) is 4.90. The van der Waals surface area contributed by atoms with Crippen LogP contribution in [0.15, 0.2) is 54.6 Å². The lowest BCUT2D eigenvalue weighted by atomic mass is 9.91. The van der Waals surface area contributed by atoms with Gasteiger partial charge in [0, 0.05) is 25.9 Å². The maximum Gasteiger partial charge on any atom is 0.415 e. The topological polar surface area (TPSA) is 59.1 Å². The van der Waals surface area contributed by atoms with Gasteiger partial charge in [0.1, 0.15) is 18.0 Å². The minimum atomic E-state index is -0.653. The van der Waals surface area contributed by atoms with Gasteiger partial charge in [0.2, 0.25) is 0 Å². The first-order valence-electron chi connectivity index (χ1n) is 9.26. The second kappa shape index (κ2) is 7.50. The summed E-state index contributed by atoms with van der Waals surface area (Å²) < 4.78 is 24.5. The predicted octanol–water partition coefficient (Wildman–Crippen LogP) is 3.95. The highest BCUT2D eigenvalue weighted by atomic mass is 19.1. The molecule has 6 nitrogen and oxygen atoms in total. The molecule has 2 aliphatic rings. The summed E-state index contributed by atoms with van der Waals surface area (Å²) in [7, 11) is 0. The zero-order chi connectivity index (χ0) is 19.6. The lowest BCUT2D eigenvalue weighted by Crippen LogP contribution is -2.48. The second-order valence-electron chi connectivity index (χ2n) is 7.14. The molecule has 2 aliphatic heterocycles. The van der Waals surface area contributed by atoms with E-state index >= 15 is 0 Å². The Bertz CT molecular complexity index is 866. The fraction of sp³-hybridized carbons (Fsp3) is 0.333. The quantitative estimate of drug-likeness (QED) is 0.804. The number of nitrogens with zero attached hydrogens (tertiary/aromatic N) is 2. The van der Waals surface area contributed by atoms with E-state index in [1.165, 1.54) is 17.0 Å². The van der Waals surface area contributed by atoms with Gasteiger partial charge in [-0.1, -0.05) is 36.4 Å². The van der Waals surface area contributed by atoms with Gasteiger partial charge in [-0.05, 0) is 23.8 Å². The summed E-state index contributed by atoms with van der Waals surface area (Å²) >= 11 is 0. The largest absolute Gasteiger partial charge is 0.445 e. The Morgan fingerprint density at radius 1 is 1.11 bits per heavy atom. The number of benzene rings is 2. The van der Waals surface area contributed by atoms with Gasteiger partial charge < -0.3 is 14.4 Å². The van der Waals surface area contributed by atoms with E-state index in [4.69, 9.17) is 9.47 Å². The normalized spacial score (nSPS) is 18.2. The van der Waals surface area contributed by atoms with Crippen LogP contribution in [0.4, 0.5) is 19.7 Å². The van der Waals surface area contributed by atoms with Gasteiger partial charge >= 0.3 is 12.2 Å². The summed E-state index contributed by atoms with van der Waals surface area (Å²) in [6.45, 7) is 1.46. The molecule has 0 bridgehead atoms. The number of likely N-dealkylation sites (tertiary alicyclic amines) is 1. The van der Waals surface area contributed by atoms with E-state index in [1.54, 1.807) is 17.0 Å². The Balaban J connectivity index is 1.33. The van der Waals surface area contributed by atoms with Crippen LogP contribution in [0.25, 0.3) is 0 Å². The smallest absolute Gasteiger partial charge is 0.415 e. The minimum Gasteiger partial charge on any atom is -0.445 e. The van der Waals surface area contributed by atoms with Gasteiger partial charge in [-0.2, -0.15) is 0 Å². The average molecular weight is 384 g/mol. The molecule has 4 rings (SSSR count). The van der Waals surface area contributed by atoms with Gasteiger partial charge in [0.25, 0.3) is 0 Å². The molecule has 0 radical (unpaired) electrons. The van der Waals surface area contributed by atoms with Crippen molar-refractivity contribution in [1.82, 2.24) is 4.90 Å². The van der Waals surface area contributed by atoms with Crippen molar-refractivity contribution in [3.63, 3.8) is 0 Å². The highest BCUT2D eigenvalue weighted by molar-refractivity contribution is 5.90. The van der Waals surface area contributed by atoms with Crippen LogP contribution < -0.4 is 4.90 Å². The fourth-order valence-corrected chi connectivity index (χ4v) is 3.63. The molecule has 0 saturated carbocycles. The number of anilines is 1. The molecule has 2 saturated heterocycles. The van der Waals surface area contributed by atoms with Crippen LogP contribution >= 0.6 is 0 Å². The molecule has 1 spiro atoms. The Hall–Kier alpha value is -3.09. The third-order valence-corrected chi connectivity index (χ3v) is 5.23. The maximum absolute atomic E-state index is 13.5. The molecule has 0 atom stereocenters. The van der Waals surface area contributed by atoms with Crippen molar-refractivity contribution in [2.75, 3.05) is 24.5 Å². The van der Waals surface area contributed by atoms with Crippen LogP contribution in [-0.4, -0.2) is 42.3 Å². The fourth-order valence-electron chi connectivity index (χ4n) is 3.63. The standard InChI is InChI=1S/C21H21FN2O4/c22-17-7-4-8-18(13-17)24-15-21(28-20(24)26)9-11-23(12-10-21)19(25)27-14-16-5-2-1-3-6-16/h1-8,13H,9-12,14-15H2. The van der Waals surface area contributed by atoms with Crippen molar-refractivity contribution in [2.45, 2.75) is 25.0 Å². The summed E-state index contributed by atoms with van der Waals surface area (Å²) in [5.74, 6) is -0.401. The molecule has 2 heterocycles. The number of amides is 2. The molecule has 2 aromatic carbocycles. The number of carbonyl (C=O) groups excluding carboxylic acids is 2. The third kappa shape index (κ3) is 3.78. The summed E-state index contributed by atoms with van der Waals surface area (Å²) in [4.78, 5) is 27.7. The zero-order valence-electron chi connectivity index (χ0n) is 15.3. The van der Waals surface area contributed by atoms with E-state index in [2.05, 4.69) is 0 Å². The first-order valence-corrected chi connectivity index (χ1v) is 9.26. The summed E-state index contributed by atoms with van der Waals surface area (Å²) in [6.07, 6.45) is 0.186. The summed E-state index contributed by atoms with van der Waals surface area (Å²) in [6, 6.07) is 15.4. The van der Waals surface area contributed by atoms with Crippen LogP contribution in [0.5, 0.6) is 0 Å². The van der Waals surface area contributed by atoms with Gasteiger partial charge in [-0.15, -0.1) is 0 Å². The van der Waals surface area contributed by atoms with Crippen LogP contribution in [0.1, 0.15) is 18.4 Å². The van der Waals surface area contributed by atoms with Crippen LogP contribution in [0, 0.1) is 5.82 Å². The number of halogens is 1. The Morgan fingerprint density at radius 3 is 2.57 bits per heavy atom. The highest BCUT2D eigenvalue weighted by Gasteiger charge is 2.48. The van der Waals surface area contributed by atoms with Gasteiger partial charge in [0.05, 0.1) is 12.2 Å². The lowest BCUT2D eigenvalue weighted by molar-refractivity contribution is -0.00107. The van der Waals surface area contributed by atoms with Crippen LogP contribution in [0.2, 0.25) is 0 Å². The molecular formula is C21H21FN2O4. The van der Waals surface area contributed by atoms with Crippen molar-refractivity contribution in [3.05, 3.63) is 66.0 Å². The van der Waals surface area contributed by atoms with E-state index < -0.39 is 17.5 Å². The van der Waals surface area contributed by atoms with Crippen molar-refractivity contribution in [2.24, 2.45) is 0 Å². The molecule has 28 heavy (non-hydrogen) atoms. The molecular weight excluding hydrogens is 363 g/mol. The van der Waals surface area contributed by atoms with Gasteiger partial charge in [0.15, 0.2) is 0 Å². The van der Waals surface area contributed by atoms with Gasteiger partial charge in [-0.3, -0.25) is 4.90 Å². The molecule has 0 aliphatic carbocycles. The molecule has 2 fully saturated rings. The molecule has 2 aromatic rings. The zero-order valence-corrected chi connectivity index (χ0v) is 15.3. The molecule has 2 amide bonds. The van der Waals surface area contributed by atoms with Crippen molar-refractivity contribution in [3.8, 4) is 0 Å². The number of ether oxygens (including phenoxy) is 2.